The number of pyridine rings is 1. The topological polar surface area (TPSA) is 73.9 Å². The van der Waals surface area contributed by atoms with Crippen molar-refractivity contribution in [3.8, 4) is 5.75 Å². The van der Waals surface area contributed by atoms with Crippen molar-refractivity contribution in [2.24, 2.45) is 0 Å². The first-order chi connectivity index (χ1) is 10.7. The summed E-state index contributed by atoms with van der Waals surface area (Å²) < 4.78 is 5.21. The van der Waals surface area contributed by atoms with Crippen LogP contribution in [0, 0.1) is 0 Å². The summed E-state index contributed by atoms with van der Waals surface area (Å²) in [5.74, 6) is 1.34. The maximum Gasteiger partial charge on any atom is 0.259 e. The first-order valence-electron chi connectivity index (χ1n) is 6.96. The van der Waals surface area contributed by atoms with Gasteiger partial charge in [0.2, 0.25) is 0 Å². The Hall–Kier alpha value is -2.92. The maximum atomic E-state index is 12.6. The molecule has 3 rings (SSSR count). The van der Waals surface area contributed by atoms with Crippen LogP contribution in [-0.2, 0) is 0 Å². The number of benzene rings is 2. The van der Waals surface area contributed by atoms with E-state index in [1.165, 1.54) is 0 Å². The Balaban J connectivity index is 0.00000192. The Morgan fingerprint density at radius 1 is 1.04 bits per heavy atom. The van der Waals surface area contributed by atoms with E-state index in [1.54, 1.807) is 25.3 Å². The number of methoxy groups -OCH3 is 1. The van der Waals surface area contributed by atoms with Crippen molar-refractivity contribution in [1.82, 2.24) is 4.98 Å². The van der Waals surface area contributed by atoms with E-state index in [-0.39, 0.29) is 11.4 Å². The summed E-state index contributed by atoms with van der Waals surface area (Å²) in [6, 6.07) is 16.9. The lowest BCUT2D eigenvalue weighted by Gasteiger charge is -2.16. The predicted octanol–water partition coefficient (Wildman–Crippen LogP) is 2.70. The van der Waals surface area contributed by atoms with Gasteiger partial charge in [-0.15, -0.1) is 0 Å². The summed E-state index contributed by atoms with van der Waals surface area (Å²) in [4.78, 5) is 18.3. The van der Waals surface area contributed by atoms with Crippen LogP contribution in [0.1, 0.15) is 10.4 Å². The normalized spacial score (nSPS) is 10.0. The number of hydrogen-bond acceptors (Lipinski definition) is 3. The van der Waals surface area contributed by atoms with Crippen LogP contribution >= 0.6 is 0 Å². The number of amides is 1. The third-order valence-electron chi connectivity index (χ3n) is 3.59. The zero-order chi connectivity index (χ0) is 15.5. The van der Waals surface area contributed by atoms with E-state index in [0.29, 0.717) is 11.4 Å². The highest BCUT2D eigenvalue weighted by atomic mass is 16.5. The molecule has 0 saturated heterocycles. The molecule has 2 N–H and O–H groups in total. The Kier molecular flexibility index (Phi) is 4.93. The van der Waals surface area contributed by atoms with Crippen molar-refractivity contribution in [3.05, 3.63) is 66.4 Å². The SMILES string of the molecule is COc1ccc2cc(C(=O)N(C)c3ccccn3)ccc2c1.O. The van der Waals surface area contributed by atoms with Crippen molar-refractivity contribution in [2.75, 3.05) is 19.1 Å². The van der Waals surface area contributed by atoms with Crippen LogP contribution in [0.25, 0.3) is 10.8 Å². The van der Waals surface area contributed by atoms with E-state index in [1.807, 2.05) is 54.6 Å². The fourth-order valence-corrected chi connectivity index (χ4v) is 2.33. The van der Waals surface area contributed by atoms with Gasteiger partial charge in [0.1, 0.15) is 11.6 Å². The average Bonchev–Trinajstić information content (AvgIpc) is 2.60. The second kappa shape index (κ2) is 6.89. The van der Waals surface area contributed by atoms with Crippen LogP contribution in [0.3, 0.4) is 0 Å². The van der Waals surface area contributed by atoms with Gasteiger partial charge in [0.05, 0.1) is 7.11 Å². The van der Waals surface area contributed by atoms with Gasteiger partial charge in [-0.2, -0.15) is 0 Å². The zero-order valence-electron chi connectivity index (χ0n) is 13.0. The van der Waals surface area contributed by atoms with Gasteiger partial charge in [-0.3, -0.25) is 9.69 Å². The lowest BCUT2D eigenvalue weighted by molar-refractivity contribution is 0.0992. The van der Waals surface area contributed by atoms with Crippen LogP contribution in [0.2, 0.25) is 0 Å². The molecule has 1 amide bonds. The monoisotopic (exact) mass is 310 g/mol. The molecule has 0 aliphatic carbocycles. The number of carbonyl (C=O) groups is 1. The molecule has 0 spiro atoms. The van der Waals surface area contributed by atoms with Gasteiger partial charge in [0.15, 0.2) is 0 Å². The molecule has 0 bridgehead atoms. The molecule has 0 atom stereocenters. The minimum absolute atomic E-state index is 0. The van der Waals surface area contributed by atoms with Gasteiger partial charge in [-0.25, -0.2) is 4.98 Å². The summed E-state index contributed by atoms with van der Waals surface area (Å²) in [7, 11) is 3.36. The lowest BCUT2D eigenvalue weighted by Crippen LogP contribution is -2.26. The molecule has 1 aromatic heterocycles. The number of nitrogens with zero attached hydrogens (tertiary/aromatic N) is 2. The summed E-state index contributed by atoms with van der Waals surface area (Å²) >= 11 is 0. The van der Waals surface area contributed by atoms with E-state index in [4.69, 9.17) is 4.74 Å². The molecule has 0 fully saturated rings. The Morgan fingerprint density at radius 2 is 1.78 bits per heavy atom. The Morgan fingerprint density at radius 3 is 2.48 bits per heavy atom. The fourth-order valence-electron chi connectivity index (χ4n) is 2.33. The van der Waals surface area contributed by atoms with Crippen molar-refractivity contribution in [3.63, 3.8) is 0 Å². The molecular formula is C18H18N2O3. The number of anilines is 1. The molecule has 0 saturated carbocycles. The summed E-state index contributed by atoms with van der Waals surface area (Å²) in [6.07, 6.45) is 1.67. The number of rotatable bonds is 3. The second-order valence-electron chi connectivity index (χ2n) is 4.98. The van der Waals surface area contributed by atoms with E-state index in [9.17, 15) is 4.79 Å². The van der Waals surface area contributed by atoms with Crippen LogP contribution in [0.15, 0.2) is 60.8 Å². The van der Waals surface area contributed by atoms with Crippen molar-refractivity contribution < 1.29 is 15.0 Å². The van der Waals surface area contributed by atoms with Crippen molar-refractivity contribution in [1.29, 1.82) is 0 Å². The molecule has 1 heterocycles. The van der Waals surface area contributed by atoms with Crippen LogP contribution in [0.5, 0.6) is 5.75 Å². The maximum absolute atomic E-state index is 12.6. The standard InChI is InChI=1S/C18H16N2O2.H2O/c1-20(17-5-3-4-10-19-17)18(21)15-7-6-14-12-16(22-2)9-8-13(14)11-15;/h3-12H,1-2H3;1H2. The van der Waals surface area contributed by atoms with Gasteiger partial charge >= 0.3 is 0 Å². The Labute approximate surface area is 134 Å². The van der Waals surface area contributed by atoms with Gasteiger partial charge in [-0.1, -0.05) is 18.2 Å². The van der Waals surface area contributed by atoms with Crippen LogP contribution in [-0.4, -0.2) is 30.5 Å². The molecular weight excluding hydrogens is 292 g/mol. The molecule has 2 aromatic carbocycles. The highest BCUT2D eigenvalue weighted by molar-refractivity contribution is 6.07. The molecule has 5 nitrogen and oxygen atoms in total. The van der Waals surface area contributed by atoms with Crippen molar-refractivity contribution in [2.45, 2.75) is 0 Å². The van der Waals surface area contributed by atoms with E-state index in [0.717, 1.165) is 16.5 Å². The zero-order valence-corrected chi connectivity index (χ0v) is 13.0. The summed E-state index contributed by atoms with van der Waals surface area (Å²) in [6.45, 7) is 0. The predicted molar refractivity (Wildman–Crippen MR) is 91.1 cm³/mol. The highest BCUT2D eigenvalue weighted by Crippen LogP contribution is 2.23. The number of aromatic nitrogens is 1. The highest BCUT2D eigenvalue weighted by Gasteiger charge is 2.14. The number of carbonyl (C=O) groups excluding carboxylic acids is 1. The van der Waals surface area contributed by atoms with Crippen LogP contribution < -0.4 is 9.64 Å². The van der Waals surface area contributed by atoms with E-state index >= 15 is 0 Å². The molecule has 0 aliphatic rings. The second-order valence-corrected chi connectivity index (χ2v) is 4.98. The van der Waals surface area contributed by atoms with Gasteiger partial charge in [-0.05, 0) is 47.2 Å². The largest absolute Gasteiger partial charge is 0.497 e. The quantitative estimate of drug-likeness (QED) is 0.746. The average molecular weight is 310 g/mol. The molecule has 0 aliphatic heterocycles. The minimum Gasteiger partial charge on any atom is -0.497 e. The summed E-state index contributed by atoms with van der Waals surface area (Å²) in [5.41, 5.74) is 0.630. The number of fused-ring (bicyclic) bond motifs is 1. The van der Waals surface area contributed by atoms with E-state index < -0.39 is 0 Å². The first kappa shape index (κ1) is 16.5. The number of ether oxygens (including phenoxy) is 1. The van der Waals surface area contributed by atoms with E-state index in [2.05, 4.69) is 4.98 Å². The molecule has 0 radical (unpaired) electrons. The van der Waals surface area contributed by atoms with Crippen LogP contribution in [0.4, 0.5) is 5.82 Å². The minimum atomic E-state index is -0.0866. The molecule has 5 heteroatoms. The van der Waals surface area contributed by atoms with Gasteiger partial charge < -0.3 is 10.2 Å². The van der Waals surface area contributed by atoms with Crippen molar-refractivity contribution >= 4 is 22.5 Å². The first-order valence-corrected chi connectivity index (χ1v) is 6.96. The fraction of sp³-hybridized carbons (Fsp3) is 0.111. The molecule has 118 valence electrons. The molecule has 0 unspecified atom stereocenters. The summed E-state index contributed by atoms with van der Waals surface area (Å²) in [5, 5.41) is 2.04. The third kappa shape index (κ3) is 3.30. The molecule has 23 heavy (non-hydrogen) atoms. The number of hydrogen-bond donors (Lipinski definition) is 0. The Bertz CT molecular complexity index is 819. The third-order valence-corrected chi connectivity index (χ3v) is 3.59. The smallest absolute Gasteiger partial charge is 0.259 e. The van der Waals surface area contributed by atoms with Gasteiger partial charge in [0, 0.05) is 18.8 Å². The van der Waals surface area contributed by atoms with Gasteiger partial charge in [0.25, 0.3) is 5.91 Å². The lowest BCUT2D eigenvalue weighted by atomic mass is 10.1. The molecule has 3 aromatic rings.